The summed E-state index contributed by atoms with van der Waals surface area (Å²) < 4.78 is 17.5. The number of amidine groups is 1. The Morgan fingerprint density at radius 3 is 2.13 bits per heavy atom. The van der Waals surface area contributed by atoms with Gasteiger partial charge < -0.3 is 19.6 Å². The second-order valence-electron chi connectivity index (χ2n) is 7.37. The molecular formula is C26H26N2O3. The highest BCUT2D eigenvalue weighted by molar-refractivity contribution is 5.98. The van der Waals surface area contributed by atoms with Crippen LogP contribution in [0.25, 0.3) is 22.3 Å². The van der Waals surface area contributed by atoms with E-state index in [0.29, 0.717) is 12.2 Å². The quantitative estimate of drug-likeness (QED) is 0.189. The largest absolute Gasteiger partial charge is 0.494 e. The van der Waals surface area contributed by atoms with Crippen LogP contribution < -0.4 is 15.2 Å². The number of benzene rings is 3. The smallest absolute Gasteiger partial charge is 0.135 e. The van der Waals surface area contributed by atoms with Gasteiger partial charge in [-0.1, -0.05) is 30.3 Å². The van der Waals surface area contributed by atoms with Crippen molar-refractivity contribution < 1.29 is 13.9 Å². The van der Waals surface area contributed by atoms with E-state index in [1.54, 1.807) is 6.07 Å². The molecule has 3 aromatic carbocycles. The number of ether oxygens (including phenoxy) is 2. The minimum atomic E-state index is 0.0325. The number of nitrogens with one attached hydrogen (secondary N) is 1. The van der Waals surface area contributed by atoms with Crippen LogP contribution in [0.15, 0.2) is 83.3 Å². The van der Waals surface area contributed by atoms with Crippen molar-refractivity contribution in [2.75, 3.05) is 13.2 Å². The van der Waals surface area contributed by atoms with Crippen LogP contribution in [0.3, 0.4) is 0 Å². The highest BCUT2D eigenvalue weighted by Crippen LogP contribution is 2.29. The molecule has 31 heavy (non-hydrogen) atoms. The van der Waals surface area contributed by atoms with E-state index >= 15 is 0 Å². The van der Waals surface area contributed by atoms with Crippen LogP contribution in [0.5, 0.6) is 11.5 Å². The Kier molecular flexibility index (Phi) is 6.53. The Morgan fingerprint density at radius 1 is 0.774 bits per heavy atom. The number of hydrogen-bond donors (Lipinski definition) is 2. The lowest BCUT2D eigenvalue weighted by Crippen LogP contribution is -2.10. The maximum absolute atomic E-state index is 7.56. The molecule has 5 heteroatoms. The van der Waals surface area contributed by atoms with Gasteiger partial charge in [-0.3, -0.25) is 5.41 Å². The first-order valence-electron chi connectivity index (χ1n) is 10.5. The van der Waals surface area contributed by atoms with Crippen molar-refractivity contribution in [3.63, 3.8) is 0 Å². The summed E-state index contributed by atoms with van der Waals surface area (Å²) in [6, 6.07) is 25.3. The molecule has 1 heterocycles. The van der Waals surface area contributed by atoms with Gasteiger partial charge in [0.15, 0.2) is 0 Å². The molecule has 0 spiro atoms. The first-order chi connectivity index (χ1) is 15.2. The lowest BCUT2D eigenvalue weighted by molar-refractivity contribution is 0.279. The highest BCUT2D eigenvalue weighted by atomic mass is 16.5. The zero-order valence-corrected chi connectivity index (χ0v) is 17.3. The summed E-state index contributed by atoms with van der Waals surface area (Å²) in [6.45, 7) is 1.41. The van der Waals surface area contributed by atoms with E-state index in [9.17, 15) is 0 Å². The van der Waals surface area contributed by atoms with E-state index in [1.807, 2.05) is 72.8 Å². The number of unbranched alkanes of at least 4 members (excludes halogenated alkanes) is 2. The number of para-hydroxylation sites is 1. The monoisotopic (exact) mass is 414 g/mol. The summed E-state index contributed by atoms with van der Waals surface area (Å²) >= 11 is 0. The van der Waals surface area contributed by atoms with Crippen molar-refractivity contribution in [2.24, 2.45) is 5.73 Å². The fourth-order valence-corrected chi connectivity index (χ4v) is 3.33. The molecule has 0 atom stereocenters. The fraction of sp³-hybridized carbons (Fsp3) is 0.192. The Hall–Kier alpha value is -3.73. The molecule has 0 saturated heterocycles. The number of furan rings is 1. The summed E-state index contributed by atoms with van der Waals surface area (Å²) in [4.78, 5) is 0. The number of fused-ring (bicyclic) bond motifs is 1. The SMILES string of the molecule is N=C(N)c1ccc2cc(-c3ccc(OCCCCCOc4ccccc4)cc3)oc2c1. The summed E-state index contributed by atoms with van der Waals surface area (Å²) in [7, 11) is 0. The molecule has 0 fully saturated rings. The van der Waals surface area contributed by atoms with Crippen molar-refractivity contribution in [3.05, 3.63) is 84.4 Å². The van der Waals surface area contributed by atoms with Gasteiger partial charge >= 0.3 is 0 Å². The average molecular weight is 415 g/mol. The van der Waals surface area contributed by atoms with Gasteiger partial charge in [-0.05, 0) is 67.8 Å². The minimum Gasteiger partial charge on any atom is -0.494 e. The molecule has 0 aliphatic carbocycles. The van der Waals surface area contributed by atoms with Gasteiger partial charge in [0.25, 0.3) is 0 Å². The second kappa shape index (κ2) is 9.85. The van der Waals surface area contributed by atoms with E-state index in [-0.39, 0.29) is 5.84 Å². The van der Waals surface area contributed by atoms with E-state index in [0.717, 1.165) is 59.7 Å². The van der Waals surface area contributed by atoms with Gasteiger partial charge in [-0.2, -0.15) is 0 Å². The maximum Gasteiger partial charge on any atom is 0.135 e. The van der Waals surface area contributed by atoms with Gasteiger partial charge in [-0.15, -0.1) is 0 Å². The van der Waals surface area contributed by atoms with Crippen LogP contribution in [-0.4, -0.2) is 19.0 Å². The molecule has 0 bridgehead atoms. The van der Waals surface area contributed by atoms with Crippen LogP contribution in [0.1, 0.15) is 24.8 Å². The molecular weight excluding hydrogens is 388 g/mol. The number of nitrogens with two attached hydrogens (primary N) is 1. The molecule has 158 valence electrons. The Labute approximate surface area is 181 Å². The van der Waals surface area contributed by atoms with Crippen molar-refractivity contribution in [3.8, 4) is 22.8 Å². The molecule has 0 radical (unpaired) electrons. The molecule has 0 aliphatic heterocycles. The van der Waals surface area contributed by atoms with Crippen LogP contribution in [-0.2, 0) is 0 Å². The van der Waals surface area contributed by atoms with Crippen molar-refractivity contribution >= 4 is 16.8 Å². The molecule has 0 amide bonds. The predicted molar refractivity (Wildman–Crippen MR) is 124 cm³/mol. The van der Waals surface area contributed by atoms with Gasteiger partial charge in [0.1, 0.15) is 28.7 Å². The summed E-state index contributed by atoms with van der Waals surface area (Å²) in [5, 5.41) is 8.54. The second-order valence-corrected chi connectivity index (χ2v) is 7.37. The normalized spacial score (nSPS) is 10.8. The summed E-state index contributed by atoms with van der Waals surface area (Å²) in [6.07, 6.45) is 3.06. The number of rotatable bonds is 10. The lowest BCUT2D eigenvalue weighted by Gasteiger charge is -2.08. The van der Waals surface area contributed by atoms with Gasteiger partial charge in [0.05, 0.1) is 13.2 Å². The van der Waals surface area contributed by atoms with Gasteiger partial charge in [-0.25, -0.2) is 0 Å². The third-order valence-corrected chi connectivity index (χ3v) is 5.04. The Morgan fingerprint density at radius 2 is 1.45 bits per heavy atom. The third kappa shape index (κ3) is 5.45. The molecule has 0 unspecified atom stereocenters. The van der Waals surface area contributed by atoms with E-state index in [4.69, 9.17) is 25.0 Å². The zero-order chi connectivity index (χ0) is 21.5. The average Bonchev–Trinajstić information content (AvgIpc) is 3.23. The van der Waals surface area contributed by atoms with Crippen molar-refractivity contribution in [1.82, 2.24) is 0 Å². The van der Waals surface area contributed by atoms with E-state index < -0.39 is 0 Å². The van der Waals surface area contributed by atoms with Crippen LogP contribution >= 0.6 is 0 Å². The van der Waals surface area contributed by atoms with Gasteiger partial charge in [0.2, 0.25) is 0 Å². The maximum atomic E-state index is 7.56. The fourth-order valence-electron chi connectivity index (χ4n) is 3.33. The molecule has 0 saturated carbocycles. The van der Waals surface area contributed by atoms with Crippen molar-refractivity contribution in [1.29, 1.82) is 5.41 Å². The van der Waals surface area contributed by atoms with Crippen LogP contribution in [0.2, 0.25) is 0 Å². The summed E-state index contributed by atoms with van der Waals surface area (Å²) in [5.41, 5.74) is 7.91. The van der Waals surface area contributed by atoms with Crippen LogP contribution in [0.4, 0.5) is 0 Å². The van der Waals surface area contributed by atoms with E-state index in [2.05, 4.69) is 0 Å². The Bertz CT molecular complexity index is 1130. The molecule has 4 rings (SSSR count). The molecule has 4 aromatic rings. The molecule has 0 aliphatic rings. The first-order valence-corrected chi connectivity index (χ1v) is 10.5. The van der Waals surface area contributed by atoms with E-state index in [1.165, 1.54) is 0 Å². The van der Waals surface area contributed by atoms with Crippen molar-refractivity contribution in [2.45, 2.75) is 19.3 Å². The lowest BCUT2D eigenvalue weighted by atomic mass is 10.1. The Balaban J connectivity index is 1.23. The first kappa shape index (κ1) is 20.5. The third-order valence-electron chi connectivity index (χ3n) is 5.04. The number of hydrogen-bond acceptors (Lipinski definition) is 4. The van der Waals surface area contributed by atoms with Gasteiger partial charge in [0, 0.05) is 16.5 Å². The highest BCUT2D eigenvalue weighted by Gasteiger charge is 2.08. The molecule has 5 nitrogen and oxygen atoms in total. The summed E-state index contributed by atoms with van der Waals surface area (Å²) in [5.74, 6) is 2.58. The topological polar surface area (TPSA) is 81.5 Å². The standard InChI is InChI=1S/C26H26N2O3/c27-26(28)21-10-9-20-17-24(31-25(20)18-21)19-11-13-23(14-12-19)30-16-6-2-5-15-29-22-7-3-1-4-8-22/h1,3-4,7-14,17-18H,2,5-6,15-16H2,(H3,27,28). The molecule has 1 aromatic heterocycles. The number of nitrogen functional groups attached to an aromatic ring is 1. The van der Waals surface area contributed by atoms with Crippen LogP contribution in [0, 0.1) is 5.41 Å². The minimum absolute atomic E-state index is 0.0325. The predicted octanol–water partition coefficient (Wildman–Crippen LogP) is 6.01. The zero-order valence-electron chi connectivity index (χ0n) is 17.3. The molecule has 3 N–H and O–H groups in total.